The highest BCUT2D eigenvalue weighted by Crippen LogP contribution is 2.22. The van der Waals surface area contributed by atoms with Gasteiger partial charge in [-0.3, -0.25) is 14.8 Å². The Kier molecular flexibility index (Phi) is 9.88. The molecular weight excluding hydrogens is 395 g/mol. The van der Waals surface area contributed by atoms with Gasteiger partial charge in [0, 0.05) is 24.6 Å². The first-order valence-corrected chi connectivity index (χ1v) is 8.64. The van der Waals surface area contributed by atoms with Gasteiger partial charge in [-0.2, -0.15) is 0 Å². The molecule has 0 spiro atoms. The van der Waals surface area contributed by atoms with Crippen molar-refractivity contribution in [2.75, 3.05) is 13.1 Å². The van der Waals surface area contributed by atoms with Gasteiger partial charge in [0.1, 0.15) is 0 Å². The molecule has 142 valence electrons. The van der Waals surface area contributed by atoms with Gasteiger partial charge in [-0.25, -0.2) is 0 Å². The number of carbonyl (C=O) groups is 1. The highest BCUT2D eigenvalue weighted by molar-refractivity contribution is 6.33. The number of carbonyl (C=O) groups excluding carboxylic acids is 1. The summed E-state index contributed by atoms with van der Waals surface area (Å²) in [6.45, 7) is 2.40. The van der Waals surface area contributed by atoms with Crippen LogP contribution in [-0.4, -0.2) is 39.9 Å². The molecule has 3 heterocycles. The number of nitrogens with one attached hydrogen (secondary N) is 1. The fourth-order valence-corrected chi connectivity index (χ4v) is 3.25. The first kappa shape index (κ1) is 22.6. The minimum absolute atomic E-state index is 0. The molecule has 1 saturated heterocycles. The number of nitrogens with zero attached hydrogens (tertiary/aromatic N) is 3. The molecule has 1 atom stereocenters. The maximum absolute atomic E-state index is 13.1. The number of halogens is 3. The van der Waals surface area contributed by atoms with E-state index in [0.29, 0.717) is 17.1 Å². The van der Waals surface area contributed by atoms with Crippen molar-refractivity contribution in [1.29, 1.82) is 0 Å². The standard InChI is InChI=1S/C18H21ClN4O.2ClH/c19-17-12-21-11-7-16(17)18(24)23(13-14-4-1-2-9-22-14)15-5-3-8-20-10-6-15;;/h1-2,4,7,9,11-12,15,20H,3,5-6,8,10,13H2;2*1H. The molecule has 1 fully saturated rings. The molecule has 1 N–H and O–H groups in total. The summed E-state index contributed by atoms with van der Waals surface area (Å²) in [6.07, 6.45) is 7.84. The Balaban J connectivity index is 0.00000169. The topological polar surface area (TPSA) is 58.1 Å². The smallest absolute Gasteiger partial charge is 0.256 e. The van der Waals surface area contributed by atoms with E-state index < -0.39 is 0 Å². The van der Waals surface area contributed by atoms with Crippen LogP contribution in [0, 0.1) is 0 Å². The van der Waals surface area contributed by atoms with E-state index in [4.69, 9.17) is 11.6 Å². The molecule has 5 nitrogen and oxygen atoms in total. The lowest BCUT2D eigenvalue weighted by atomic mass is 10.1. The summed E-state index contributed by atoms with van der Waals surface area (Å²) in [5.74, 6) is -0.0556. The second-order valence-corrected chi connectivity index (χ2v) is 6.35. The van der Waals surface area contributed by atoms with E-state index in [2.05, 4.69) is 15.3 Å². The molecule has 2 aromatic rings. The first-order valence-electron chi connectivity index (χ1n) is 8.27. The summed E-state index contributed by atoms with van der Waals surface area (Å²) < 4.78 is 0. The van der Waals surface area contributed by atoms with Crippen molar-refractivity contribution >= 4 is 42.3 Å². The van der Waals surface area contributed by atoms with Gasteiger partial charge in [-0.15, -0.1) is 24.8 Å². The average molecular weight is 418 g/mol. The molecule has 1 aliphatic rings. The molecule has 2 aromatic heterocycles. The van der Waals surface area contributed by atoms with Crippen molar-refractivity contribution in [3.05, 3.63) is 59.1 Å². The van der Waals surface area contributed by atoms with Crippen LogP contribution in [0.5, 0.6) is 0 Å². The van der Waals surface area contributed by atoms with Crippen LogP contribution in [0.3, 0.4) is 0 Å². The third kappa shape index (κ3) is 5.81. The van der Waals surface area contributed by atoms with Crippen molar-refractivity contribution < 1.29 is 4.79 Å². The van der Waals surface area contributed by atoms with Crippen molar-refractivity contribution in [1.82, 2.24) is 20.2 Å². The third-order valence-electron chi connectivity index (χ3n) is 4.31. The van der Waals surface area contributed by atoms with Crippen molar-refractivity contribution in [2.24, 2.45) is 0 Å². The minimum atomic E-state index is -0.0556. The number of aromatic nitrogens is 2. The summed E-state index contributed by atoms with van der Waals surface area (Å²) in [6, 6.07) is 7.64. The molecule has 3 rings (SSSR count). The molecule has 0 bridgehead atoms. The molecule has 1 unspecified atom stereocenters. The molecule has 8 heteroatoms. The minimum Gasteiger partial charge on any atom is -0.330 e. The van der Waals surface area contributed by atoms with Crippen LogP contribution >= 0.6 is 36.4 Å². The van der Waals surface area contributed by atoms with E-state index in [1.54, 1.807) is 18.5 Å². The fourth-order valence-electron chi connectivity index (χ4n) is 3.05. The zero-order valence-electron chi connectivity index (χ0n) is 14.3. The molecule has 26 heavy (non-hydrogen) atoms. The summed E-state index contributed by atoms with van der Waals surface area (Å²) in [7, 11) is 0. The number of amides is 1. The summed E-state index contributed by atoms with van der Waals surface area (Å²) in [4.78, 5) is 23.4. The van der Waals surface area contributed by atoms with Crippen LogP contribution in [0.25, 0.3) is 0 Å². The van der Waals surface area contributed by atoms with E-state index in [1.165, 1.54) is 6.20 Å². The highest BCUT2D eigenvalue weighted by atomic mass is 35.5. The predicted molar refractivity (Wildman–Crippen MR) is 108 cm³/mol. The van der Waals surface area contributed by atoms with Crippen molar-refractivity contribution in [3.8, 4) is 0 Å². The number of hydrogen-bond acceptors (Lipinski definition) is 4. The molecule has 0 radical (unpaired) electrons. The third-order valence-corrected chi connectivity index (χ3v) is 4.61. The van der Waals surface area contributed by atoms with E-state index >= 15 is 0 Å². The first-order chi connectivity index (χ1) is 11.8. The SMILES string of the molecule is Cl.Cl.O=C(c1ccncc1Cl)N(Cc1ccccn1)C1CCCNCC1. The monoisotopic (exact) mass is 416 g/mol. The van der Waals surface area contributed by atoms with Crippen LogP contribution < -0.4 is 5.32 Å². The zero-order chi connectivity index (χ0) is 16.8. The molecule has 0 aromatic carbocycles. The summed E-state index contributed by atoms with van der Waals surface area (Å²) in [5.41, 5.74) is 1.38. The molecule has 1 amide bonds. The van der Waals surface area contributed by atoms with Crippen molar-refractivity contribution in [2.45, 2.75) is 31.8 Å². The zero-order valence-corrected chi connectivity index (χ0v) is 16.7. The summed E-state index contributed by atoms with van der Waals surface area (Å²) >= 11 is 6.20. The number of hydrogen-bond donors (Lipinski definition) is 1. The van der Waals surface area contributed by atoms with Gasteiger partial charge in [-0.05, 0) is 50.6 Å². The van der Waals surface area contributed by atoms with E-state index in [0.717, 1.165) is 38.0 Å². The Morgan fingerprint density at radius 3 is 2.77 bits per heavy atom. The van der Waals surface area contributed by atoms with E-state index in [1.807, 2.05) is 23.1 Å². The highest BCUT2D eigenvalue weighted by Gasteiger charge is 2.27. The van der Waals surface area contributed by atoms with Crippen LogP contribution in [0.15, 0.2) is 42.9 Å². The van der Waals surface area contributed by atoms with Crippen LogP contribution in [-0.2, 0) is 6.54 Å². The number of rotatable bonds is 4. The Morgan fingerprint density at radius 2 is 2.04 bits per heavy atom. The Labute approximate surface area is 171 Å². The Morgan fingerprint density at radius 1 is 1.19 bits per heavy atom. The fraction of sp³-hybridized carbons (Fsp3) is 0.389. The van der Waals surface area contributed by atoms with Gasteiger partial charge in [-0.1, -0.05) is 17.7 Å². The molecule has 1 aliphatic heterocycles. The lowest BCUT2D eigenvalue weighted by molar-refractivity contribution is 0.0642. The second-order valence-electron chi connectivity index (χ2n) is 5.94. The van der Waals surface area contributed by atoms with Crippen molar-refractivity contribution in [3.63, 3.8) is 0 Å². The van der Waals surface area contributed by atoms with Crippen LogP contribution in [0.2, 0.25) is 5.02 Å². The quantitative estimate of drug-likeness (QED) is 0.823. The Hall–Kier alpha value is -1.40. The molecule has 0 aliphatic carbocycles. The van der Waals surface area contributed by atoms with Gasteiger partial charge < -0.3 is 10.2 Å². The maximum atomic E-state index is 13.1. The molecule has 0 saturated carbocycles. The van der Waals surface area contributed by atoms with Gasteiger partial charge in [0.25, 0.3) is 5.91 Å². The molecular formula is C18H23Cl3N4O. The maximum Gasteiger partial charge on any atom is 0.256 e. The second kappa shape index (κ2) is 11.3. The largest absolute Gasteiger partial charge is 0.330 e. The summed E-state index contributed by atoms with van der Waals surface area (Å²) in [5, 5.41) is 3.79. The predicted octanol–water partition coefficient (Wildman–Crippen LogP) is 3.76. The number of pyridine rings is 2. The van der Waals surface area contributed by atoms with Crippen LogP contribution in [0.4, 0.5) is 0 Å². The van der Waals surface area contributed by atoms with Crippen LogP contribution in [0.1, 0.15) is 35.3 Å². The lowest BCUT2D eigenvalue weighted by Gasteiger charge is -2.31. The van der Waals surface area contributed by atoms with Gasteiger partial charge >= 0.3 is 0 Å². The Bertz CT molecular complexity index is 679. The normalized spacial score (nSPS) is 16.6. The van der Waals surface area contributed by atoms with Gasteiger partial charge in [0.15, 0.2) is 0 Å². The van der Waals surface area contributed by atoms with E-state index in [-0.39, 0.29) is 36.8 Å². The van der Waals surface area contributed by atoms with E-state index in [9.17, 15) is 4.79 Å². The lowest BCUT2D eigenvalue weighted by Crippen LogP contribution is -2.40. The van der Waals surface area contributed by atoms with Gasteiger partial charge in [0.05, 0.1) is 22.8 Å². The average Bonchev–Trinajstić information content (AvgIpc) is 2.90. The van der Waals surface area contributed by atoms with Gasteiger partial charge in [0.2, 0.25) is 0 Å².